The molecule has 0 amide bonds. The predicted molar refractivity (Wildman–Crippen MR) is 85.8 cm³/mol. The van der Waals surface area contributed by atoms with E-state index >= 15 is 0 Å². The number of esters is 1. The van der Waals surface area contributed by atoms with Gasteiger partial charge in [-0.1, -0.05) is 18.2 Å². The maximum Gasteiger partial charge on any atom is 0.331 e. The lowest BCUT2D eigenvalue weighted by atomic mass is 10.2. The minimum atomic E-state index is -0.575. The van der Waals surface area contributed by atoms with Crippen molar-refractivity contribution in [1.82, 2.24) is 4.98 Å². The Labute approximate surface area is 137 Å². The highest BCUT2D eigenvalue weighted by Gasteiger charge is 2.07. The summed E-state index contributed by atoms with van der Waals surface area (Å²) in [5.74, 6) is -0.618. The van der Waals surface area contributed by atoms with Gasteiger partial charge < -0.3 is 13.9 Å². The summed E-state index contributed by atoms with van der Waals surface area (Å²) in [6.45, 7) is -0.0746. The number of methoxy groups -OCH3 is 1. The molecule has 1 heterocycles. The van der Waals surface area contributed by atoms with Crippen molar-refractivity contribution in [3.05, 3.63) is 65.8 Å². The SMILES string of the molecule is COc1ccc(/C=C/C(=O)OCc2nc3ccccc3o2)cc1F. The Morgan fingerprint density at radius 3 is 2.88 bits per heavy atom. The Hall–Kier alpha value is -3.15. The number of benzene rings is 2. The number of halogens is 1. The van der Waals surface area contributed by atoms with Gasteiger partial charge in [0.2, 0.25) is 5.89 Å². The molecule has 0 saturated heterocycles. The molecular formula is C18H14FNO4. The molecule has 0 unspecified atom stereocenters. The van der Waals surface area contributed by atoms with E-state index in [-0.39, 0.29) is 12.4 Å². The molecule has 1 aromatic heterocycles. The number of carbonyl (C=O) groups excluding carboxylic acids is 1. The summed E-state index contributed by atoms with van der Waals surface area (Å²) in [6, 6.07) is 11.7. The van der Waals surface area contributed by atoms with Crippen LogP contribution in [0.15, 0.2) is 53.0 Å². The summed E-state index contributed by atoms with van der Waals surface area (Å²) in [6.07, 6.45) is 2.67. The average Bonchev–Trinajstić information content (AvgIpc) is 3.01. The van der Waals surface area contributed by atoms with Gasteiger partial charge in [0.1, 0.15) is 5.52 Å². The van der Waals surface area contributed by atoms with Gasteiger partial charge in [0.15, 0.2) is 23.8 Å². The number of rotatable bonds is 5. The lowest BCUT2D eigenvalue weighted by Gasteiger charge is -2.02. The molecule has 0 N–H and O–H groups in total. The van der Waals surface area contributed by atoms with Crippen LogP contribution in [0.1, 0.15) is 11.5 Å². The molecule has 0 radical (unpaired) electrons. The van der Waals surface area contributed by atoms with Gasteiger partial charge in [-0.15, -0.1) is 0 Å². The van der Waals surface area contributed by atoms with Gasteiger partial charge >= 0.3 is 5.97 Å². The van der Waals surface area contributed by atoms with Crippen LogP contribution in [0, 0.1) is 5.82 Å². The van der Waals surface area contributed by atoms with Crippen LogP contribution >= 0.6 is 0 Å². The number of para-hydroxylation sites is 2. The van der Waals surface area contributed by atoms with Crippen LogP contribution in [0.5, 0.6) is 5.75 Å². The van der Waals surface area contributed by atoms with Crippen molar-refractivity contribution in [2.24, 2.45) is 0 Å². The van der Waals surface area contributed by atoms with Crippen molar-refractivity contribution in [3.8, 4) is 5.75 Å². The van der Waals surface area contributed by atoms with Crippen molar-refractivity contribution in [1.29, 1.82) is 0 Å². The third-order valence-electron chi connectivity index (χ3n) is 3.26. The van der Waals surface area contributed by atoms with Crippen molar-refractivity contribution in [2.45, 2.75) is 6.61 Å². The highest BCUT2D eigenvalue weighted by atomic mass is 19.1. The van der Waals surface area contributed by atoms with Gasteiger partial charge in [-0.3, -0.25) is 0 Å². The maximum atomic E-state index is 13.5. The molecule has 6 heteroatoms. The Morgan fingerprint density at radius 2 is 2.12 bits per heavy atom. The largest absolute Gasteiger partial charge is 0.494 e. The normalized spacial score (nSPS) is 11.1. The molecule has 24 heavy (non-hydrogen) atoms. The smallest absolute Gasteiger partial charge is 0.331 e. The first-order valence-corrected chi connectivity index (χ1v) is 7.18. The van der Waals surface area contributed by atoms with Crippen molar-refractivity contribution >= 4 is 23.1 Å². The number of nitrogens with zero attached hydrogens (tertiary/aromatic N) is 1. The molecule has 0 spiro atoms. The standard InChI is InChI=1S/C18H14FNO4/c1-22-15-8-6-12(10-13(15)19)7-9-18(21)23-11-17-20-14-4-2-3-5-16(14)24-17/h2-10H,11H2,1H3/b9-7+. The number of fused-ring (bicyclic) bond motifs is 1. The maximum absolute atomic E-state index is 13.5. The first-order chi connectivity index (χ1) is 11.7. The number of aromatic nitrogens is 1. The van der Waals surface area contributed by atoms with Gasteiger partial charge in [0, 0.05) is 6.08 Å². The van der Waals surface area contributed by atoms with E-state index in [0.717, 1.165) is 0 Å². The topological polar surface area (TPSA) is 61.6 Å². The fourth-order valence-electron chi connectivity index (χ4n) is 2.11. The summed E-state index contributed by atoms with van der Waals surface area (Å²) in [5, 5.41) is 0. The lowest BCUT2D eigenvalue weighted by molar-refractivity contribution is -0.139. The van der Waals surface area contributed by atoms with E-state index in [4.69, 9.17) is 13.9 Å². The monoisotopic (exact) mass is 327 g/mol. The molecule has 3 rings (SSSR count). The van der Waals surface area contributed by atoms with Gasteiger partial charge in [0.05, 0.1) is 7.11 Å². The molecule has 0 saturated carbocycles. The Bertz CT molecular complexity index is 868. The Balaban J connectivity index is 1.59. The van der Waals surface area contributed by atoms with Gasteiger partial charge in [0.25, 0.3) is 0 Å². The zero-order valence-corrected chi connectivity index (χ0v) is 12.9. The fourth-order valence-corrected chi connectivity index (χ4v) is 2.11. The van der Waals surface area contributed by atoms with E-state index < -0.39 is 11.8 Å². The van der Waals surface area contributed by atoms with E-state index in [2.05, 4.69) is 4.98 Å². The molecule has 0 bridgehead atoms. The van der Waals surface area contributed by atoms with Gasteiger partial charge in [-0.25, -0.2) is 14.2 Å². The Morgan fingerprint density at radius 1 is 1.29 bits per heavy atom. The van der Waals surface area contributed by atoms with E-state index in [1.165, 1.54) is 31.4 Å². The zero-order chi connectivity index (χ0) is 16.9. The number of carbonyl (C=O) groups is 1. The zero-order valence-electron chi connectivity index (χ0n) is 12.9. The third kappa shape index (κ3) is 3.60. The summed E-state index contributed by atoms with van der Waals surface area (Å²) >= 11 is 0. The second-order valence-corrected chi connectivity index (χ2v) is 4.91. The van der Waals surface area contributed by atoms with Crippen LogP contribution in [0.3, 0.4) is 0 Å². The summed E-state index contributed by atoms with van der Waals surface area (Å²) in [5.41, 5.74) is 1.85. The molecule has 0 fully saturated rings. The first-order valence-electron chi connectivity index (χ1n) is 7.18. The predicted octanol–water partition coefficient (Wildman–Crippen LogP) is 3.73. The van der Waals surface area contributed by atoms with Crippen molar-refractivity contribution in [3.63, 3.8) is 0 Å². The lowest BCUT2D eigenvalue weighted by Crippen LogP contribution is -2.00. The molecule has 5 nitrogen and oxygen atoms in total. The molecule has 0 aliphatic heterocycles. The highest BCUT2D eigenvalue weighted by molar-refractivity contribution is 5.87. The molecule has 0 aliphatic carbocycles. The Kier molecular flexibility index (Phi) is 4.56. The van der Waals surface area contributed by atoms with Crippen LogP contribution in [0.25, 0.3) is 17.2 Å². The van der Waals surface area contributed by atoms with Crippen LogP contribution in [-0.2, 0) is 16.1 Å². The van der Waals surface area contributed by atoms with Gasteiger partial charge in [-0.2, -0.15) is 0 Å². The number of oxazole rings is 1. The fraction of sp³-hybridized carbons (Fsp3) is 0.111. The molecule has 3 aromatic rings. The van der Waals surface area contributed by atoms with Crippen LogP contribution in [-0.4, -0.2) is 18.1 Å². The minimum absolute atomic E-state index is 0.0746. The third-order valence-corrected chi connectivity index (χ3v) is 3.26. The van der Waals surface area contributed by atoms with Gasteiger partial charge in [-0.05, 0) is 35.9 Å². The highest BCUT2D eigenvalue weighted by Crippen LogP contribution is 2.18. The van der Waals surface area contributed by atoms with Crippen molar-refractivity contribution in [2.75, 3.05) is 7.11 Å². The second kappa shape index (κ2) is 6.95. The van der Waals surface area contributed by atoms with Crippen LogP contribution in [0.4, 0.5) is 4.39 Å². The number of hydrogen-bond acceptors (Lipinski definition) is 5. The number of hydrogen-bond donors (Lipinski definition) is 0. The van der Waals surface area contributed by atoms with E-state index in [1.54, 1.807) is 12.1 Å². The molecule has 122 valence electrons. The summed E-state index contributed by atoms with van der Waals surface area (Å²) in [7, 11) is 1.39. The van der Waals surface area contributed by atoms with E-state index in [9.17, 15) is 9.18 Å². The van der Waals surface area contributed by atoms with Crippen LogP contribution < -0.4 is 4.74 Å². The van der Waals surface area contributed by atoms with E-state index in [0.29, 0.717) is 22.6 Å². The van der Waals surface area contributed by atoms with Crippen molar-refractivity contribution < 1.29 is 23.1 Å². The summed E-state index contributed by atoms with van der Waals surface area (Å²) < 4.78 is 28.9. The van der Waals surface area contributed by atoms with E-state index in [1.807, 2.05) is 18.2 Å². The summed E-state index contributed by atoms with van der Waals surface area (Å²) in [4.78, 5) is 15.9. The minimum Gasteiger partial charge on any atom is -0.494 e. The van der Waals surface area contributed by atoms with Crippen LogP contribution in [0.2, 0.25) is 0 Å². The quantitative estimate of drug-likeness (QED) is 0.528. The molecule has 0 aliphatic rings. The molecule has 0 atom stereocenters. The first kappa shape index (κ1) is 15.7. The second-order valence-electron chi connectivity index (χ2n) is 4.91. The molecular weight excluding hydrogens is 313 g/mol. The molecule has 2 aromatic carbocycles. The number of ether oxygens (including phenoxy) is 2. The average molecular weight is 327 g/mol.